The summed E-state index contributed by atoms with van der Waals surface area (Å²) in [4.78, 5) is 25.6. The second-order valence-electron chi connectivity index (χ2n) is 7.12. The predicted molar refractivity (Wildman–Crippen MR) is 106 cm³/mol. The molecule has 7 heteroatoms. The molecule has 138 valence electrons. The van der Waals surface area contributed by atoms with Crippen molar-refractivity contribution in [3.8, 4) is 0 Å². The van der Waals surface area contributed by atoms with Crippen molar-refractivity contribution in [3.05, 3.63) is 29.0 Å². The van der Waals surface area contributed by atoms with Gasteiger partial charge in [-0.3, -0.25) is 0 Å². The van der Waals surface area contributed by atoms with E-state index < -0.39 is 0 Å². The first-order chi connectivity index (χ1) is 12.7. The molecule has 0 atom stereocenters. The molecule has 2 amide bonds. The van der Waals surface area contributed by atoms with Crippen molar-refractivity contribution in [2.45, 2.75) is 38.1 Å². The topological polar surface area (TPSA) is 61.4 Å². The van der Waals surface area contributed by atoms with Crippen LogP contribution in [0.5, 0.6) is 0 Å². The molecule has 1 saturated carbocycles. The molecule has 1 aliphatic carbocycles. The first-order valence-corrected chi connectivity index (χ1v) is 10.2. The number of piperazine rings is 1. The zero-order chi connectivity index (χ0) is 17.9. The van der Waals surface area contributed by atoms with Gasteiger partial charge >= 0.3 is 6.03 Å². The molecule has 1 saturated heterocycles. The summed E-state index contributed by atoms with van der Waals surface area (Å²) >= 11 is 3.53. The third-order valence-electron chi connectivity index (χ3n) is 5.38. The van der Waals surface area contributed by atoms with Gasteiger partial charge in [0.25, 0.3) is 0 Å². The van der Waals surface area contributed by atoms with Crippen molar-refractivity contribution >= 4 is 38.7 Å². The Morgan fingerprint density at radius 2 is 1.85 bits per heavy atom. The highest BCUT2D eigenvalue weighted by Crippen LogP contribution is 2.27. The fourth-order valence-corrected chi connectivity index (χ4v) is 4.26. The summed E-state index contributed by atoms with van der Waals surface area (Å²) in [6, 6.07) is 6.50. The molecule has 2 aromatic rings. The largest absolute Gasteiger partial charge is 0.352 e. The van der Waals surface area contributed by atoms with Crippen molar-refractivity contribution in [3.63, 3.8) is 0 Å². The highest BCUT2D eigenvalue weighted by atomic mass is 79.9. The summed E-state index contributed by atoms with van der Waals surface area (Å²) < 4.78 is 1.02. The number of rotatable bonds is 2. The second kappa shape index (κ2) is 7.78. The number of amides is 2. The molecule has 1 aromatic carbocycles. The molecule has 0 radical (unpaired) electrons. The van der Waals surface area contributed by atoms with Crippen LogP contribution in [-0.4, -0.2) is 53.1 Å². The van der Waals surface area contributed by atoms with Gasteiger partial charge in [-0.15, -0.1) is 0 Å². The summed E-state index contributed by atoms with van der Waals surface area (Å²) in [6.07, 6.45) is 7.62. The van der Waals surface area contributed by atoms with E-state index in [1.54, 1.807) is 6.33 Å². The van der Waals surface area contributed by atoms with E-state index >= 15 is 0 Å². The minimum Gasteiger partial charge on any atom is -0.352 e. The molecule has 4 rings (SSSR count). The van der Waals surface area contributed by atoms with Crippen molar-refractivity contribution in [1.82, 2.24) is 20.2 Å². The Hall–Kier alpha value is -1.89. The quantitative estimate of drug-likeness (QED) is 0.811. The van der Waals surface area contributed by atoms with Crippen LogP contribution in [0.1, 0.15) is 32.1 Å². The first-order valence-electron chi connectivity index (χ1n) is 9.41. The number of carbonyl (C=O) groups excluding carboxylic acids is 1. The first kappa shape index (κ1) is 17.5. The number of nitrogens with zero attached hydrogens (tertiary/aromatic N) is 4. The number of halogens is 1. The Labute approximate surface area is 162 Å². The molecule has 1 aliphatic heterocycles. The molecule has 26 heavy (non-hydrogen) atoms. The molecule has 0 unspecified atom stereocenters. The van der Waals surface area contributed by atoms with Gasteiger partial charge in [-0.05, 0) is 31.0 Å². The number of aromatic nitrogens is 2. The van der Waals surface area contributed by atoms with E-state index in [4.69, 9.17) is 0 Å². The summed E-state index contributed by atoms with van der Waals surface area (Å²) in [7, 11) is 0. The van der Waals surface area contributed by atoms with Crippen LogP contribution >= 0.6 is 15.9 Å². The van der Waals surface area contributed by atoms with Gasteiger partial charge in [0.05, 0.1) is 5.52 Å². The molecule has 2 aliphatic rings. The molecule has 1 N–H and O–H groups in total. The van der Waals surface area contributed by atoms with E-state index in [1.165, 1.54) is 19.3 Å². The average Bonchev–Trinajstić information content (AvgIpc) is 2.68. The number of hydrogen-bond donors (Lipinski definition) is 1. The van der Waals surface area contributed by atoms with Crippen LogP contribution < -0.4 is 10.2 Å². The molecular weight excluding hydrogens is 394 g/mol. The third kappa shape index (κ3) is 3.77. The number of fused-ring (bicyclic) bond motifs is 1. The standard InChI is InChI=1S/C19H24BrN5O/c20-14-6-7-17-16(12-14)18(22-13-21-17)24-8-10-25(11-9-24)19(26)23-15-4-2-1-3-5-15/h6-7,12-13,15H,1-5,8-11H2,(H,23,26). The van der Waals surface area contributed by atoms with Crippen molar-refractivity contribution in [1.29, 1.82) is 0 Å². The van der Waals surface area contributed by atoms with Crippen LogP contribution in [0.3, 0.4) is 0 Å². The minimum absolute atomic E-state index is 0.0897. The van der Waals surface area contributed by atoms with Crippen molar-refractivity contribution < 1.29 is 4.79 Å². The number of hydrogen-bond acceptors (Lipinski definition) is 4. The van der Waals surface area contributed by atoms with E-state index in [0.29, 0.717) is 6.04 Å². The number of anilines is 1. The van der Waals surface area contributed by atoms with E-state index in [0.717, 1.165) is 60.2 Å². The van der Waals surface area contributed by atoms with Crippen LogP contribution in [0.15, 0.2) is 29.0 Å². The maximum absolute atomic E-state index is 12.5. The fraction of sp³-hybridized carbons (Fsp3) is 0.526. The zero-order valence-electron chi connectivity index (χ0n) is 14.8. The predicted octanol–water partition coefficient (Wildman–Crippen LogP) is 3.56. The minimum atomic E-state index is 0.0897. The fourth-order valence-electron chi connectivity index (χ4n) is 3.90. The van der Waals surface area contributed by atoms with E-state index in [9.17, 15) is 4.79 Å². The number of benzene rings is 1. The Kier molecular flexibility index (Phi) is 5.24. The molecule has 6 nitrogen and oxygen atoms in total. The Morgan fingerprint density at radius 1 is 1.08 bits per heavy atom. The van der Waals surface area contributed by atoms with Gasteiger partial charge < -0.3 is 15.1 Å². The maximum Gasteiger partial charge on any atom is 0.317 e. The molecule has 0 bridgehead atoms. The normalized spacial score (nSPS) is 19.0. The summed E-state index contributed by atoms with van der Waals surface area (Å²) in [6.45, 7) is 3.02. The van der Waals surface area contributed by atoms with Crippen molar-refractivity contribution in [2.24, 2.45) is 0 Å². The summed E-state index contributed by atoms with van der Waals surface area (Å²) in [5.74, 6) is 0.948. The van der Waals surface area contributed by atoms with Crippen LogP contribution in [0.25, 0.3) is 10.9 Å². The lowest BCUT2D eigenvalue weighted by Gasteiger charge is -2.36. The Morgan fingerprint density at radius 3 is 2.62 bits per heavy atom. The number of carbonyl (C=O) groups is 1. The molecule has 1 aromatic heterocycles. The molecule has 2 fully saturated rings. The van der Waals surface area contributed by atoms with E-state index in [-0.39, 0.29) is 6.03 Å². The smallest absolute Gasteiger partial charge is 0.317 e. The zero-order valence-corrected chi connectivity index (χ0v) is 16.4. The second-order valence-corrected chi connectivity index (χ2v) is 8.03. The van der Waals surface area contributed by atoms with Crippen LogP contribution in [0, 0.1) is 0 Å². The lowest BCUT2D eigenvalue weighted by atomic mass is 9.96. The number of nitrogens with one attached hydrogen (secondary N) is 1. The molecule has 0 spiro atoms. The lowest BCUT2D eigenvalue weighted by Crippen LogP contribution is -2.53. The average molecular weight is 418 g/mol. The molecular formula is C19H24BrN5O. The van der Waals surface area contributed by atoms with Crippen LogP contribution in [0.4, 0.5) is 10.6 Å². The third-order valence-corrected chi connectivity index (χ3v) is 5.87. The monoisotopic (exact) mass is 417 g/mol. The van der Waals surface area contributed by atoms with Gasteiger partial charge in [0, 0.05) is 42.1 Å². The number of urea groups is 1. The van der Waals surface area contributed by atoms with Crippen LogP contribution in [0.2, 0.25) is 0 Å². The van der Waals surface area contributed by atoms with Gasteiger partial charge in [-0.25, -0.2) is 14.8 Å². The van der Waals surface area contributed by atoms with Crippen LogP contribution in [-0.2, 0) is 0 Å². The summed E-state index contributed by atoms with van der Waals surface area (Å²) in [5, 5.41) is 4.26. The SMILES string of the molecule is O=C(NC1CCCCC1)N1CCN(c2ncnc3ccc(Br)cc23)CC1. The summed E-state index contributed by atoms with van der Waals surface area (Å²) in [5.41, 5.74) is 0.940. The Balaban J connectivity index is 1.40. The van der Waals surface area contributed by atoms with Gasteiger partial charge in [-0.2, -0.15) is 0 Å². The highest BCUT2D eigenvalue weighted by Gasteiger charge is 2.25. The maximum atomic E-state index is 12.5. The lowest BCUT2D eigenvalue weighted by molar-refractivity contribution is 0.186. The van der Waals surface area contributed by atoms with Gasteiger partial charge in [0.2, 0.25) is 0 Å². The van der Waals surface area contributed by atoms with Gasteiger partial charge in [-0.1, -0.05) is 35.2 Å². The van der Waals surface area contributed by atoms with E-state index in [2.05, 4.69) is 42.2 Å². The van der Waals surface area contributed by atoms with E-state index in [1.807, 2.05) is 17.0 Å². The van der Waals surface area contributed by atoms with Gasteiger partial charge in [0.1, 0.15) is 12.1 Å². The highest BCUT2D eigenvalue weighted by molar-refractivity contribution is 9.10. The van der Waals surface area contributed by atoms with Crippen molar-refractivity contribution in [2.75, 3.05) is 31.1 Å². The van der Waals surface area contributed by atoms with Gasteiger partial charge in [0.15, 0.2) is 0 Å². The Bertz CT molecular complexity index is 785. The molecule has 2 heterocycles.